The van der Waals surface area contributed by atoms with Crippen molar-refractivity contribution < 1.29 is 4.74 Å². The quantitative estimate of drug-likeness (QED) is 0.631. The van der Waals surface area contributed by atoms with Gasteiger partial charge in [0.2, 0.25) is 0 Å². The van der Waals surface area contributed by atoms with Crippen molar-refractivity contribution in [3.63, 3.8) is 0 Å². The fourth-order valence-corrected chi connectivity index (χ4v) is 2.90. The molecule has 1 saturated carbocycles. The second kappa shape index (κ2) is 6.87. The zero-order chi connectivity index (χ0) is 14.5. The number of benzene rings is 1. The van der Waals surface area contributed by atoms with Crippen molar-refractivity contribution in [3.05, 3.63) is 18.2 Å². The lowest BCUT2D eigenvalue weighted by molar-refractivity contribution is 0.244. The molecule has 2 unspecified atom stereocenters. The summed E-state index contributed by atoms with van der Waals surface area (Å²) in [4.78, 5) is 0. The van der Waals surface area contributed by atoms with Gasteiger partial charge in [-0.1, -0.05) is 26.2 Å². The van der Waals surface area contributed by atoms with E-state index in [2.05, 4.69) is 18.3 Å². The summed E-state index contributed by atoms with van der Waals surface area (Å²) in [6.45, 7) is 6.39. The largest absolute Gasteiger partial charge is 0.489 e. The summed E-state index contributed by atoms with van der Waals surface area (Å²) in [5, 5.41) is 3.68. The minimum atomic E-state index is 0.143. The van der Waals surface area contributed by atoms with E-state index in [1.165, 1.54) is 32.1 Å². The summed E-state index contributed by atoms with van der Waals surface area (Å²) in [6.07, 6.45) is 6.78. The van der Waals surface area contributed by atoms with Crippen LogP contribution in [0.25, 0.3) is 0 Å². The number of nitrogens with two attached hydrogens (primary N) is 1. The van der Waals surface area contributed by atoms with Crippen molar-refractivity contribution >= 4 is 11.4 Å². The first kappa shape index (κ1) is 15.0. The van der Waals surface area contributed by atoms with Crippen molar-refractivity contribution in [1.82, 2.24) is 0 Å². The monoisotopic (exact) mass is 276 g/mol. The van der Waals surface area contributed by atoms with E-state index in [-0.39, 0.29) is 6.10 Å². The van der Waals surface area contributed by atoms with Crippen molar-refractivity contribution in [2.45, 2.75) is 65.0 Å². The van der Waals surface area contributed by atoms with Gasteiger partial charge in [-0.3, -0.25) is 0 Å². The molecule has 20 heavy (non-hydrogen) atoms. The fourth-order valence-electron chi connectivity index (χ4n) is 2.90. The van der Waals surface area contributed by atoms with E-state index in [9.17, 15) is 0 Å². The molecule has 3 N–H and O–H groups in total. The van der Waals surface area contributed by atoms with Crippen LogP contribution in [0.2, 0.25) is 0 Å². The van der Waals surface area contributed by atoms with E-state index in [1.807, 2.05) is 26.0 Å². The van der Waals surface area contributed by atoms with E-state index in [0.29, 0.717) is 11.7 Å². The lowest BCUT2D eigenvalue weighted by Crippen LogP contribution is -2.26. The molecule has 3 nitrogen and oxygen atoms in total. The Labute approximate surface area is 122 Å². The Bertz CT molecular complexity index is 431. The van der Waals surface area contributed by atoms with Gasteiger partial charge in [0.1, 0.15) is 5.75 Å². The molecule has 1 aliphatic carbocycles. The molecule has 3 heteroatoms. The molecule has 0 saturated heterocycles. The molecular formula is C17H28N2O. The molecule has 0 aliphatic heterocycles. The number of hydrogen-bond acceptors (Lipinski definition) is 3. The third kappa shape index (κ3) is 4.06. The zero-order valence-electron chi connectivity index (χ0n) is 13.0. The Morgan fingerprint density at radius 1 is 1.20 bits per heavy atom. The first-order valence-electron chi connectivity index (χ1n) is 7.89. The summed E-state index contributed by atoms with van der Waals surface area (Å²) in [5.41, 5.74) is 7.80. The zero-order valence-corrected chi connectivity index (χ0v) is 13.0. The van der Waals surface area contributed by atoms with Gasteiger partial charge >= 0.3 is 0 Å². The van der Waals surface area contributed by atoms with Gasteiger partial charge in [-0.05, 0) is 44.7 Å². The topological polar surface area (TPSA) is 47.3 Å². The molecule has 1 aromatic rings. The molecule has 2 rings (SSSR count). The molecule has 0 spiro atoms. The molecular weight excluding hydrogens is 248 g/mol. The van der Waals surface area contributed by atoms with Gasteiger partial charge in [0.25, 0.3) is 0 Å². The lowest BCUT2D eigenvalue weighted by atomic mass is 9.96. The summed E-state index contributed by atoms with van der Waals surface area (Å²) < 4.78 is 5.76. The summed E-state index contributed by atoms with van der Waals surface area (Å²) in [6, 6.07) is 6.59. The van der Waals surface area contributed by atoms with Crippen LogP contribution in [0, 0.1) is 5.92 Å². The predicted molar refractivity (Wildman–Crippen MR) is 86.3 cm³/mol. The standard InChI is InChI=1S/C17H28N2O/c1-12(2)20-17-11-14(9-10-15(17)18)19-16-8-6-4-5-7-13(16)3/h9-13,16,19H,4-8,18H2,1-3H3. The Hall–Kier alpha value is -1.38. The predicted octanol–water partition coefficient (Wildman–Crippen LogP) is 4.44. The highest BCUT2D eigenvalue weighted by molar-refractivity contribution is 5.61. The van der Waals surface area contributed by atoms with Gasteiger partial charge in [0, 0.05) is 17.8 Å². The van der Waals surface area contributed by atoms with Crippen LogP contribution < -0.4 is 15.8 Å². The highest BCUT2D eigenvalue weighted by Gasteiger charge is 2.19. The van der Waals surface area contributed by atoms with Gasteiger partial charge in [0.05, 0.1) is 11.8 Å². The van der Waals surface area contributed by atoms with Crippen LogP contribution in [0.15, 0.2) is 18.2 Å². The average Bonchev–Trinajstić information content (AvgIpc) is 2.58. The molecule has 112 valence electrons. The Morgan fingerprint density at radius 3 is 2.70 bits per heavy atom. The molecule has 0 bridgehead atoms. The number of anilines is 2. The van der Waals surface area contributed by atoms with Crippen molar-refractivity contribution in [1.29, 1.82) is 0 Å². The first-order chi connectivity index (χ1) is 9.56. The second-order valence-electron chi connectivity index (χ2n) is 6.29. The third-order valence-electron chi connectivity index (χ3n) is 4.09. The SMILES string of the molecule is CC(C)Oc1cc(NC2CCCCCC2C)ccc1N. The lowest BCUT2D eigenvalue weighted by Gasteiger charge is -2.24. The van der Waals surface area contributed by atoms with Crippen LogP contribution >= 0.6 is 0 Å². The maximum Gasteiger partial charge on any atom is 0.144 e. The fraction of sp³-hybridized carbons (Fsp3) is 0.647. The van der Waals surface area contributed by atoms with E-state index >= 15 is 0 Å². The first-order valence-corrected chi connectivity index (χ1v) is 7.89. The minimum absolute atomic E-state index is 0.143. The Balaban J connectivity index is 2.08. The molecule has 0 radical (unpaired) electrons. The van der Waals surface area contributed by atoms with Crippen LogP contribution in [0.3, 0.4) is 0 Å². The third-order valence-corrected chi connectivity index (χ3v) is 4.09. The Morgan fingerprint density at radius 2 is 1.95 bits per heavy atom. The van der Waals surface area contributed by atoms with Gasteiger partial charge in [-0.15, -0.1) is 0 Å². The number of hydrogen-bond donors (Lipinski definition) is 2. The van der Waals surface area contributed by atoms with Crippen LogP contribution in [0.4, 0.5) is 11.4 Å². The van der Waals surface area contributed by atoms with Crippen LogP contribution in [0.5, 0.6) is 5.75 Å². The van der Waals surface area contributed by atoms with Crippen molar-refractivity contribution in [3.8, 4) is 5.75 Å². The van der Waals surface area contributed by atoms with Gasteiger partial charge in [-0.2, -0.15) is 0 Å². The number of rotatable bonds is 4. The molecule has 1 fully saturated rings. The van der Waals surface area contributed by atoms with Crippen molar-refractivity contribution in [2.24, 2.45) is 5.92 Å². The van der Waals surface area contributed by atoms with E-state index in [1.54, 1.807) is 0 Å². The van der Waals surface area contributed by atoms with E-state index in [0.717, 1.165) is 17.4 Å². The maximum absolute atomic E-state index is 5.97. The average molecular weight is 276 g/mol. The van der Waals surface area contributed by atoms with Crippen LogP contribution in [-0.2, 0) is 0 Å². The second-order valence-corrected chi connectivity index (χ2v) is 6.29. The molecule has 0 aromatic heterocycles. The Kier molecular flexibility index (Phi) is 5.16. The minimum Gasteiger partial charge on any atom is -0.489 e. The number of ether oxygens (including phenoxy) is 1. The summed E-state index contributed by atoms with van der Waals surface area (Å²) in [5.74, 6) is 1.51. The summed E-state index contributed by atoms with van der Waals surface area (Å²) in [7, 11) is 0. The van der Waals surface area contributed by atoms with E-state index < -0.39 is 0 Å². The van der Waals surface area contributed by atoms with Crippen molar-refractivity contribution in [2.75, 3.05) is 11.1 Å². The van der Waals surface area contributed by atoms with E-state index in [4.69, 9.17) is 10.5 Å². The summed E-state index contributed by atoms with van der Waals surface area (Å²) >= 11 is 0. The van der Waals surface area contributed by atoms with Crippen LogP contribution in [-0.4, -0.2) is 12.1 Å². The van der Waals surface area contributed by atoms with Crippen LogP contribution in [0.1, 0.15) is 52.9 Å². The molecule has 1 aliphatic rings. The van der Waals surface area contributed by atoms with Gasteiger partial charge < -0.3 is 15.8 Å². The molecule has 1 aromatic carbocycles. The molecule has 0 heterocycles. The smallest absolute Gasteiger partial charge is 0.144 e. The number of nitrogen functional groups attached to an aromatic ring is 1. The highest BCUT2D eigenvalue weighted by Crippen LogP contribution is 2.30. The van der Waals surface area contributed by atoms with Gasteiger partial charge in [-0.25, -0.2) is 0 Å². The molecule has 0 amide bonds. The molecule has 2 atom stereocenters. The maximum atomic E-state index is 5.97. The van der Waals surface area contributed by atoms with Gasteiger partial charge in [0.15, 0.2) is 0 Å². The normalized spacial score (nSPS) is 23.4. The number of nitrogens with one attached hydrogen (secondary N) is 1. The highest BCUT2D eigenvalue weighted by atomic mass is 16.5.